The van der Waals surface area contributed by atoms with Crippen molar-refractivity contribution in [1.29, 1.82) is 0 Å². The normalized spacial score (nSPS) is 16.0. The van der Waals surface area contributed by atoms with Crippen LogP contribution >= 0.6 is 0 Å². The molecule has 13 aromatic rings. The quantitative estimate of drug-likeness (QED) is 0.152. The first-order chi connectivity index (χ1) is 36.2. The molecule has 0 bridgehead atoms. The molecule has 0 aliphatic heterocycles. The van der Waals surface area contributed by atoms with Gasteiger partial charge in [0.05, 0.1) is 51.2 Å². The third-order valence-corrected chi connectivity index (χ3v) is 17.3. The van der Waals surface area contributed by atoms with Crippen molar-refractivity contribution in [3.05, 3.63) is 340 Å². The van der Waals surface area contributed by atoms with E-state index in [0.717, 1.165) is 35.3 Å². The summed E-state index contributed by atoms with van der Waals surface area (Å²) in [6, 6.07) is 96.7. The van der Waals surface area contributed by atoms with Gasteiger partial charge in [0.1, 0.15) is 0 Å². The van der Waals surface area contributed by atoms with Gasteiger partial charge in [0.2, 0.25) is 0 Å². The average Bonchev–Trinajstić information content (AvgIpc) is 4.23. The molecule has 0 saturated carbocycles. The zero-order valence-corrected chi connectivity index (χ0v) is 40.2. The minimum absolute atomic E-state index is 0.586. The highest BCUT2D eigenvalue weighted by atomic mass is 15.0. The van der Waals surface area contributed by atoms with Crippen molar-refractivity contribution < 1.29 is 0 Å². The van der Waals surface area contributed by atoms with Crippen LogP contribution in [0.4, 0.5) is 0 Å². The largest absolute Gasteiger partial charge is 0.305 e. The Morgan fingerprint density at radius 3 is 0.781 bits per heavy atom. The fourth-order valence-electron chi connectivity index (χ4n) is 14.5. The van der Waals surface area contributed by atoms with Crippen LogP contribution in [-0.4, -0.2) is 14.4 Å². The summed E-state index contributed by atoms with van der Waals surface area (Å²) in [6.07, 6.45) is 5.93. The Bertz CT molecular complexity index is 3730. The zero-order valence-electron chi connectivity index (χ0n) is 40.2. The molecule has 0 saturated heterocycles. The Morgan fingerprint density at radius 2 is 0.521 bits per heavy atom. The van der Waals surface area contributed by atoms with E-state index < -0.39 is 21.7 Å². The number of nitrogens with zero attached hydrogens (tertiary/aromatic N) is 3. The molecule has 2 aliphatic rings. The van der Waals surface area contributed by atoms with Crippen LogP contribution in [0.3, 0.4) is 0 Å². The minimum Gasteiger partial charge on any atom is -0.305 e. The van der Waals surface area contributed by atoms with E-state index in [9.17, 15) is 0 Å². The lowest BCUT2D eigenvalue weighted by Crippen LogP contribution is -2.33. The summed E-state index contributed by atoms with van der Waals surface area (Å²) in [4.78, 5) is 11.8. The molecule has 3 heteroatoms. The van der Waals surface area contributed by atoms with E-state index >= 15 is 0 Å². The van der Waals surface area contributed by atoms with Gasteiger partial charge in [0.15, 0.2) is 0 Å². The van der Waals surface area contributed by atoms with Crippen LogP contribution in [0.1, 0.15) is 79.9 Å². The third kappa shape index (κ3) is 5.49. The number of para-hydroxylation sites is 1. The molecule has 344 valence electrons. The van der Waals surface area contributed by atoms with Crippen LogP contribution in [0.5, 0.6) is 0 Å². The summed E-state index contributed by atoms with van der Waals surface area (Å²) in [7, 11) is 0. The molecule has 0 unspecified atom stereocenters. The Kier molecular flexibility index (Phi) is 9.05. The number of hydrogen-bond donors (Lipinski definition) is 0. The second-order valence-electron chi connectivity index (χ2n) is 20.4. The van der Waals surface area contributed by atoms with Crippen LogP contribution in [0.25, 0.3) is 38.1 Å². The van der Waals surface area contributed by atoms with E-state index in [-0.39, 0.29) is 0 Å². The maximum Gasteiger partial charge on any atom is 0.0729 e. The van der Waals surface area contributed by atoms with Gasteiger partial charge in [-0.15, -0.1) is 0 Å². The molecule has 15 rings (SSSR count). The number of benzene rings is 9. The molecule has 3 nitrogen and oxygen atoms in total. The van der Waals surface area contributed by atoms with Crippen molar-refractivity contribution in [2.24, 2.45) is 0 Å². The third-order valence-electron chi connectivity index (χ3n) is 17.3. The second-order valence-corrected chi connectivity index (χ2v) is 20.4. The van der Waals surface area contributed by atoms with Gasteiger partial charge in [-0.25, -0.2) is 0 Å². The highest BCUT2D eigenvalue weighted by Gasteiger charge is 2.60. The van der Waals surface area contributed by atoms with Crippen LogP contribution in [0.2, 0.25) is 0 Å². The summed E-state index contributed by atoms with van der Waals surface area (Å²) in [6.45, 7) is 0. The van der Waals surface area contributed by atoms with Crippen LogP contribution < -0.4 is 0 Å². The molecular weight excluding hydrogens is 883 g/mol. The van der Waals surface area contributed by atoms with Gasteiger partial charge in [0, 0.05) is 32.4 Å². The maximum atomic E-state index is 5.90. The lowest BCUT2D eigenvalue weighted by Gasteiger charge is -2.37. The average molecular weight is 932 g/mol. The van der Waals surface area contributed by atoms with Gasteiger partial charge >= 0.3 is 0 Å². The molecule has 73 heavy (non-hydrogen) atoms. The molecule has 9 aromatic carbocycles. The van der Waals surface area contributed by atoms with Gasteiger partial charge in [-0.3, -0.25) is 9.97 Å². The maximum absolute atomic E-state index is 5.90. The molecule has 2 aliphatic carbocycles. The van der Waals surface area contributed by atoms with Gasteiger partial charge in [0.25, 0.3) is 0 Å². The first-order valence-corrected chi connectivity index (χ1v) is 25.7. The monoisotopic (exact) mass is 931 g/mol. The predicted molar refractivity (Wildman–Crippen MR) is 297 cm³/mol. The Morgan fingerprint density at radius 1 is 0.274 bits per heavy atom. The zero-order chi connectivity index (χ0) is 48.2. The van der Waals surface area contributed by atoms with Crippen LogP contribution in [-0.2, 0) is 21.7 Å². The second kappa shape index (κ2) is 15.8. The molecule has 0 spiro atoms. The van der Waals surface area contributed by atoms with E-state index in [1.54, 1.807) is 0 Å². The fourth-order valence-corrected chi connectivity index (χ4v) is 14.5. The molecule has 0 N–H and O–H groups in total. The summed E-state index contributed by atoms with van der Waals surface area (Å²) in [5.41, 5.74) is 15.8. The lowest BCUT2D eigenvalue weighted by molar-refractivity contribution is 0.495. The highest BCUT2D eigenvalue weighted by molar-refractivity contribution is 6.25. The highest BCUT2D eigenvalue weighted by Crippen LogP contribution is 2.65. The summed E-state index contributed by atoms with van der Waals surface area (Å²) in [5.74, 6) is 0. The Hall–Kier alpha value is -8.92. The number of rotatable bonds is 8. The topological polar surface area (TPSA) is 30.2 Å². The van der Waals surface area contributed by atoms with Gasteiger partial charge in [-0.05, 0) is 68.5 Å². The summed E-state index contributed by atoms with van der Waals surface area (Å²) >= 11 is 0. The number of aromatic nitrogens is 3. The van der Waals surface area contributed by atoms with Gasteiger partial charge < -0.3 is 4.40 Å². The first kappa shape index (κ1) is 41.8. The smallest absolute Gasteiger partial charge is 0.0729 e. The van der Waals surface area contributed by atoms with Crippen molar-refractivity contribution in [2.75, 3.05) is 0 Å². The molecule has 0 fully saturated rings. The van der Waals surface area contributed by atoms with Crippen molar-refractivity contribution in [1.82, 2.24) is 14.4 Å². The van der Waals surface area contributed by atoms with E-state index in [2.05, 4.69) is 278 Å². The van der Waals surface area contributed by atoms with Crippen molar-refractivity contribution >= 4 is 38.1 Å². The molecule has 0 atom stereocenters. The SMILES string of the molecule is c1ccc(C2(c3ccccc3)CC(c3ccccc3)(c3ccccc3)c3c2ncc2c3c3cccc4c5c6c(ncc5n2c34)C(c2ccccc2)(c2ccccc2)CC6(c2ccccc2)c2ccccc2)cc1. The van der Waals surface area contributed by atoms with E-state index in [4.69, 9.17) is 9.97 Å². The number of pyridine rings is 2. The molecule has 0 radical (unpaired) electrons. The van der Waals surface area contributed by atoms with Crippen molar-refractivity contribution in [3.63, 3.8) is 0 Å². The standard InChI is InChI=1S/C70H49N3/c1-9-26-48(27-10-1)67(49-28-11-2-12-29-49)46-69(52-34-17-5-18-35-52,53-36-19-6-20-37-53)65-62(67)60-56-42-25-43-57-61-59(73(64(56)57)58(60)44-71-65)45-72-66-63(61)68(50-30-13-3-14-31-50,51-32-15-4-16-33-51)47-70(66,54-38-21-7-22-39-54)55-40-23-8-24-41-55/h1-45H,46-47H2. The van der Waals surface area contributed by atoms with Crippen molar-refractivity contribution in [2.45, 2.75) is 34.5 Å². The fraction of sp³-hybridized carbons (Fsp3) is 0.0857. The molecule has 4 heterocycles. The van der Waals surface area contributed by atoms with E-state index in [1.165, 1.54) is 82.7 Å². The summed E-state index contributed by atoms with van der Waals surface area (Å²) in [5, 5.41) is 4.94. The Labute approximate surface area is 425 Å². The number of hydrogen-bond acceptors (Lipinski definition) is 2. The van der Waals surface area contributed by atoms with Crippen LogP contribution in [0, 0.1) is 0 Å². The van der Waals surface area contributed by atoms with Gasteiger partial charge in [-0.2, -0.15) is 0 Å². The van der Waals surface area contributed by atoms with E-state index in [1.807, 2.05) is 0 Å². The van der Waals surface area contributed by atoms with E-state index in [0.29, 0.717) is 0 Å². The lowest BCUT2D eigenvalue weighted by atomic mass is 9.64. The molecular formula is C70H49N3. The predicted octanol–water partition coefficient (Wildman–Crippen LogP) is 15.8. The Balaban J connectivity index is 1.14. The molecule has 4 aromatic heterocycles. The summed E-state index contributed by atoms with van der Waals surface area (Å²) < 4.78 is 2.54. The minimum atomic E-state index is -0.593. The van der Waals surface area contributed by atoms with Crippen molar-refractivity contribution in [3.8, 4) is 0 Å². The number of fused-ring (bicyclic) bond motifs is 10. The van der Waals surface area contributed by atoms with Gasteiger partial charge in [-0.1, -0.05) is 261 Å². The molecule has 0 amide bonds. The first-order valence-electron chi connectivity index (χ1n) is 25.7. The van der Waals surface area contributed by atoms with Crippen LogP contribution in [0.15, 0.2) is 273 Å².